The molecule has 0 spiro atoms. The molecule has 32 heavy (non-hydrogen) atoms. The van der Waals surface area contributed by atoms with Gasteiger partial charge in [0.2, 0.25) is 5.95 Å². The largest absolute Gasteiger partial charge is 0.381 e. The van der Waals surface area contributed by atoms with Crippen molar-refractivity contribution in [3.8, 4) is 0 Å². The average Bonchev–Trinajstić information content (AvgIpc) is 3.28. The van der Waals surface area contributed by atoms with Crippen LogP contribution in [0.25, 0.3) is 0 Å². The third-order valence-corrected chi connectivity index (χ3v) is 6.40. The first kappa shape index (κ1) is 22.7. The minimum atomic E-state index is -1.64. The molecule has 3 aromatic rings. The molecule has 4 rings (SSSR count). The number of piperidine rings is 1. The van der Waals surface area contributed by atoms with Gasteiger partial charge in [-0.25, -0.2) is 28.4 Å². The van der Waals surface area contributed by atoms with Gasteiger partial charge < -0.3 is 10.4 Å². The fourth-order valence-electron chi connectivity index (χ4n) is 4.15. The second-order valence-corrected chi connectivity index (χ2v) is 8.91. The van der Waals surface area contributed by atoms with E-state index in [1.54, 1.807) is 12.4 Å². The molecule has 170 valence electrons. The first-order chi connectivity index (χ1) is 15.3. The molecule has 1 aliphatic heterocycles. The summed E-state index contributed by atoms with van der Waals surface area (Å²) >= 11 is 3.32. The number of hydrogen-bond acceptors (Lipinski definition) is 7. The summed E-state index contributed by atoms with van der Waals surface area (Å²) in [6, 6.07) is 2.98. The van der Waals surface area contributed by atoms with Gasteiger partial charge in [0.05, 0.1) is 11.0 Å². The van der Waals surface area contributed by atoms with E-state index in [-0.39, 0.29) is 18.2 Å². The summed E-state index contributed by atoms with van der Waals surface area (Å²) < 4.78 is 30.5. The molecule has 1 aromatic carbocycles. The number of halogens is 3. The van der Waals surface area contributed by atoms with Crippen molar-refractivity contribution >= 4 is 21.9 Å². The van der Waals surface area contributed by atoms with Crippen molar-refractivity contribution in [2.24, 2.45) is 0 Å². The Hall–Kier alpha value is -2.50. The van der Waals surface area contributed by atoms with Crippen molar-refractivity contribution in [2.75, 3.05) is 18.4 Å². The van der Waals surface area contributed by atoms with E-state index in [2.05, 4.69) is 46.2 Å². The lowest BCUT2D eigenvalue weighted by atomic mass is 9.84. The molecule has 0 aliphatic carbocycles. The number of likely N-dealkylation sites (tertiary alicyclic amines) is 1. The summed E-state index contributed by atoms with van der Waals surface area (Å²) in [5, 5.41) is 19.1. The second kappa shape index (κ2) is 9.55. The maximum Gasteiger partial charge on any atom is 0.222 e. The highest BCUT2D eigenvalue weighted by Crippen LogP contribution is 2.34. The van der Waals surface area contributed by atoms with Crippen LogP contribution in [0, 0.1) is 11.6 Å². The van der Waals surface area contributed by atoms with E-state index >= 15 is 0 Å². The van der Waals surface area contributed by atoms with E-state index in [1.165, 1.54) is 23.4 Å². The van der Waals surface area contributed by atoms with E-state index in [1.807, 2.05) is 6.92 Å². The summed E-state index contributed by atoms with van der Waals surface area (Å²) in [5.41, 5.74) is -1.61. The molecule has 1 fully saturated rings. The van der Waals surface area contributed by atoms with Crippen molar-refractivity contribution in [1.82, 2.24) is 29.6 Å². The van der Waals surface area contributed by atoms with Crippen molar-refractivity contribution in [1.29, 1.82) is 0 Å². The number of nitrogens with zero attached hydrogens (tertiary/aromatic N) is 6. The molecular formula is C21H24BrF2N7O. The zero-order chi connectivity index (χ0) is 22.7. The number of anilines is 1. The molecular weight excluding hydrogens is 484 g/mol. The van der Waals surface area contributed by atoms with Crippen LogP contribution in [0.5, 0.6) is 0 Å². The number of rotatable bonds is 7. The summed E-state index contributed by atoms with van der Waals surface area (Å²) in [6.07, 6.45) is 7.80. The van der Waals surface area contributed by atoms with Gasteiger partial charge >= 0.3 is 0 Å². The van der Waals surface area contributed by atoms with Gasteiger partial charge in [-0.2, -0.15) is 5.10 Å². The molecule has 2 aromatic heterocycles. The summed E-state index contributed by atoms with van der Waals surface area (Å²) in [7, 11) is 0. The Morgan fingerprint density at radius 3 is 2.59 bits per heavy atom. The standard InChI is InChI=1S/C21H24BrF2N7O/c1-14(30-6-4-17(5-7-30)29-20-26-9-15(22)10-27-20)21(32,11-31-13-25-12-28-31)18-3-2-16(23)8-19(18)24/h2-3,8-10,12-14,17,32H,4-7,11H2,1H3,(H,26,27,29)/t14-,21-/m1/s1. The maximum absolute atomic E-state index is 14.7. The minimum absolute atomic E-state index is 0.0123. The highest BCUT2D eigenvalue weighted by Gasteiger charge is 2.42. The van der Waals surface area contributed by atoms with Gasteiger partial charge in [0.25, 0.3) is 0 Å². The molecule has 8 nitrogen and oxygen atoms in total. The van der Waals surface area contributed by atoms with Crippen LogP contribution < -0.4 is 5.32 Å². The van der Waals surface area contributed by atoms with Gasteiger partial charge in [0.15, 0.2) is 0 Å². The van der Waals surface area contributed by atoms with Crippen LogP contribution in [-0.4, -0.2) is 59.9 Å². The van der Waals surface area contributed by atoms with Gasteiger partial charge in [-0.05, 0) is 41.8 Å². The molecule has 2 N–H and O–H groups in total. The van der Waals surface area contributed by atoms with Crippen molar-refractivity contribution in [3.05, 3.63) is 64.9 Å². The smallest absolute Gasteiger partial charge is 0.222 e. The second-order valence-electron chi connectivity index (χ2n) is 8.00. The van der Waals surface area contributed by atoms with Crippen molar-refractivity contribution in [3.63, 3.8) is 0 Å². The predicted molar refractivity (Wildman–Crippen MR) is 118 cm³/mol. The van der Waals surface area contributed by atoms with Gasteiger partial charge in [-0.3, -0.25) is 4.90 Å². The molecule has 0 unspecified atom stereocenters. The normalized spacial score (nSPS) is 18.3. The van der Waals surface area contributed by atoms with Crippen molar-refractivity contribution < 1.29 is 13.9 Å². The highest BCUT2D eigenvalue weighted by molar-refractivity contribution is 9.10. The van der Waals surface area contributed by atoms with Crippen LogP contribution in [-0.2, 0) is 12.1 Å². The van der Waals surface area contributed by atoms with E-state index in [9.17, 15) is 13.9 Å². The van der Waals surface area contributed by atoms with Gasteiger partial charge in [0, 0.05) is 49.2 Å². The number of nitrogens with one attached hydrogen (secondary N) is 1. The topological polar surface area (TPSA) is 92.0 Å². The number of aliphatic hydroxyl groups is 1. The molecule has 0 bridgehead atoms. The summed E-state index contributed by atoms with van der Waals surface area (Å²) in [5.74, 6) is -0.914. The van der Waals surface area contributed by atoms with Gasteiger partial charge in [-0.15, -0.1) is 0 Å². The zero-order valence-electron chi connectivity index (χ0n) is 17.5. The molecule has 0 amide bonds. The quantitative estimate of drug-likeness (QED) is 0.507. The number of hydrogen-bond donors (Lipinski definition) is 2. The third kappa shape index (κ3) is 4.94. The highest BCUT2D eigenvalue weighted by atomic mass is 79.9. The van der Waals surface area contributed by atoms with Gasteiger partial charge in [-0.1, -0.05) is 6.07 Å². The first-order valence-electron chi connectivity index (χ1n) is 10.3. The third-order valence-electron chi connectivity index (χ3n) is 5.99. The Balaban J connectivity index is 1.50. The van der Waals surface area contributed by atoms with Crippen LogP contribution in [0.3, 0.4) is 0 Å². The predicted octanol–water partition coefficient (Wildman–Crippen LogP) is 2.96. The lowest BCUT2D eigenvalue weighted by molar-refractivity contribution is -0.0686. The summed E-state index contributed by atoms with van der Waals surface area (Å²) in [4.78, 5) is 14.5. The lowest BCUT2D eigenvalue weighted by Crippen LogP contribution is -2.55. The fraction of sp³-hybridized carbons (Fsp3) is 0.429. The molecule has 1 aliphatic rings. The van der Waals surface area contributed by atoms with Gasteiger partial charge in [0.1, 0.15) is 29.9 Å². The van der Waals surface area contributed by atoms with E-state index < -0.39 is 23.3 Å². The molecule has 0 radical (unpaired) electrons. The Morgan fingerprint density at radius 1 is 1.25 bits per heavy atom. The molecule has 0 saturated carbocycles. The number of aromatic nitrogens is 5. The van der Waals surface area contributed by atoms with E-state index in [4.69, 9.17) is 0 Å². The summed E-state index contributed by atoms with van der Waals surface area (Å²) in [6.45, 7) is 3.20. The maximum atomic E-state index is 14.7. The minimum Gasteiger partial charge on any atom is -0.381 e. The van der Waals surface area contributed by atoms with Crippen LogP contribution >= 0.6 is 15.9 Å². The van der Waals surface area contributed by atoms with Crippen LogP contribution in [0.2, 0.25) is 0 Å². The molecule has 1 saturated heterocycles. The van der Waals surface area contributed by atoms with Crippen LogP contribution in [0.4, 0.5) is 14.7 Å². The van der Waals surface area contributed by atoms with Crippen LogP contribution in [0.1, 0.15) is 25.3 Å². The Bertz CT molecular complexity index is 1030. The Kier molecular flexibility index (Phi) is 6.77. The Morgan fingerprint density at radius 2 is 1.97 bits per heavy atom. The van der Waals surface area contributed by atoms with E-state index in [0.717, 1.165) is 29.4 Å². The van der Waals surface area contributed by atoms with E-state index in [0.29, 0.717) is 19.0 Å². The lowest BCUT2D eigenvalue weighted by Gasteiger charge is -2.44. The monoisotopic (exact) mass is 507 g/mol. The zero-order valence-corrected chi connectivity index (χ0v) is 19.1. The molecule has 3 heterocycles. The molecule has 11 heteroatoms. The SMILES string of the molecule is C[C@@H](N1CCC(Nc2ncc(Br)cn2)CC1)[C@](O)(Cn1cncn1)c1ccc(F)cc1F. The van der Waals surface area contributed by atoms with Crippen molar-refractivity contribution in [2.45, 2.75) is 44.0 Å². The molecule has 2 atom stereocenters. The Labute approximate surface area is 192 Å². The first-order valence-corrected chi connectivity index (χ1v) is 11.1. The fourth-order valence-corrected chi connectivity index (χ4v) is 4.35. The average molecular weight is 508 g/mol. The van der Waals surface area contributed by atoms with Crippen LogP contribution in [0.15, 0.2) is 47.7 Å². The number of benzene rings is 1.